The Kier molecular flexibility index (Phi) is 5.58. The molecule has 10 heteroatoms. The third-order valence-corrected chi connectivity index (χ3v) is 3.82. The van der Waals surface area contributed by atoms with Gasteiger partial charge in [0.1, 0.15) is 6.61 Å². The highest BCUT2D eigenvalue weighted by Crippen LogP contribution is 2.31. The molecule has 2 N–H and O–H groups in total. The maximum absolute atomic E-state index is 12.2. The summed E-state index contributed by atoms with van der Waals surface area (Å²) in [5, 5.41) is 11.1. The van der Waals surface area contributed by atoms with Crippen molar-refractivity contribution in [1.29, 1.82) is 0 Å². The van der Waals surface area contributed by atoms with E-state index < -0.39 is 22.8 Å². The molecular formula is C18H17N3O7. The number of nitrogens with one attached hydrogen (secondary N) is 2. The highest BCUT2D eigenvalue weighted by atomic mass is 16.6. The average Bonchev–Trinajstić information content (AvgIpc) is 2.71. The number of hydrogen-bond acceptors (Lipinski definition) is 7. The van der Waals surface area contributed by atoms with Gasteiger partial charge in [-0.25, -0.2) is 0 Å². The van der Waals surface area contributed by atoms with E-state index in [0.29, 0.717) is 11.5 Å². The summed E-state index contributed by atoms with van der Waals surface area (Å²) in [4.78, 5) is 34.9. The first-order valence-corrected chi connectivity index (χ1v) is 8.39. The zero-order chi connectivity index (χ0) is 20.1. The summed E-state index contributed by atoms with van der Waals surface area (Å²) in [5.41, 5.74) is 4.07. The Hall–Kier alpha value is -3.82. The minimum Gasteiger partial charge on any atom is -0.487 e. The average molecular weight is 387 g/mol. The molecule has 0 saturated carbocycles. The van der Waals surface area contributed by atoms with Crippen LogP contribution < -0.4 is 25.1 Å². The number of amides is 2. The third kappa shape index (κ3) is 4.11. The smallest absolute Gasteiger partial charge is 0.311 e. The molecule has 1 aliphatic heterocycles. The highest BCUT2D eigenvalue weighted by molar-refractivity contribution is 5.96. The van der Waals surface area contributed by atoms with Crippen molar-refractivity contribution in [2.45, 2.75) is 13.0 Å². The quantitative estimate of drug-likeness (QED) is 0.589. The largest absolute Gasteiger partial charge is 0.487 e. The minimum absolute atomic E-state index is 0.0124. The Morgan fingerprint density at radius 1 is 1.21 bits per heavy atom. The number of benzene rings is 2. The van der Waals surface area contributed by atoms with E-state index in [2.05, 4.69) is 10.9 Å². The zero-order valence-corrected chi connectivity index (χ0v) is 14.8. The number of nitro groups is 1. The molecule has 0 bridgehead atoms. The summed E-state index contributed by atoms with van der Waals surface area (Å²) in [7, 11) is 0. The predicted molar refractivity (Wildman–Crippen MR) is 96.2 cm³/mol. The fourth-order valence-electron chi connectivity index (χ4n) is 2.50. The number of nitrogens with zero attached hydrogens (tertiary/aromatic N) is 1. The van der Waals surface area contributed by atoms with E-state index in [1.807, 2.05) is 0 Å². The Balaban J connectivity index is 1.62. The summed E-state index contributed by atoms with van der Waals surface area (Å²) in [6, 6.07) is 10.6. The lowest BCUT2D eigenvalue weighted by Gasteiger charge is -2.25. The molecule has 1 heterocycles. The van der Waals surface area contributed by atoms with Crippen LogP contribution in [0, 0.1) is 10.1 Å². The van der Waals surface area contributed by atoms with Crippen LogP contribution >= 0.6 is 0 Å². The molecule has 0 spiro atoms. The Labute approximate surface area is 159 Å². The van der Waals surface area contributed by atoms with Crippen molar-refractivity contribution >= 4 is 17.5 Å². The number of carbonyl (C=O) groups is 2. The first-order valence-electron chi connectivity index (χ1n) is 8.39. The number of para-hydroxylation sites is 2. The third-order valence-electron chi connectivity index (χ3n) is 3.82. The molecule has 0 radical (unpaired) electrons. The predicted octanol–water partition coefficient (Wildman–Crippen LogP) is 1.59. The van der Waals surface area contributed by atoms with Gasteiger partial charge in [0.15, 0.2) is 17.2 Å². The number of carbonyl (C=O) groups excluding carboxylic acids is 2. The Morgan fingerprint density at radius 3 is 2.68 bits per heavy atom. The minimum atomic E-state index is -0.954. The number of fused-ring (bicyclic) bond motifs is 1. The fourth-order valence-corrected chi connectivity index (χ4v) is 2.50. The van der Waals surface area contributed by atoms with E-state index in [1.165, 1.54) is 12.1 Å². The molecule has 0 aliphatic carbocycles. The van der Waals surface area contributed by atoms with E-state index in [1.54, 1.807) is 31.2 Å². The van der Waals surface area contributed by atoms with Gasteiger partial charge in [0.05, 0.1) is 11.5 Å². The molecular weight excluding hydrogens is 370 g/mol. The number of hydrazine groups is 1. The molecule has 146 valence electrons. The SMILES string of the molecule is CCOc1ccc(C(=O)NNC(=O)C2COc3ccccc3O2)cc1[N+](=O)[O-]. The molecule has 0 fully saturated rings. The van der Waals surface area contributed by atoms with Crippen molar-refractivity contribution in [3.05, 3.63) is 58.1 Å². The molecule has 0 saturated heterocycles. The van der Waals surface area contributed by atoms with E-state index in [4.69, 9.17) is 14.2 Å². The van der Waals surface area contributed by atoms with Gasteiger partial charge in [0.25, 0.3) is 11.8 Å². The lowest BCUT2D eigenvalue weighted by molar-refractivity contribution is -0.385. The van der Waals surface area contributed by atoms with Crippen LogP contribution in [-0.4, -0.2) is 36.1 Å². The van der Waals surface area contributed by atoms with Crippen LogP contribution in [0.25, 0.3) is 0 Å². The molecule has 2 amide bonds. The van der Waals surface area contributed by atoms with Gasteiger partial charge in [-0.05, 0) is 31.2 Å². The standard InChI is InChI=1S/C18H17N3O7/c1-2-26-13-8-7-11(9-12(13)21(24)25)17(22)19-20-18(23)16-10-27-14-5-3-4-6-15(14)28-16/h3-9,16H,2,10H2,1H3,(H,19,22)(H,20,23). The Bertz CT molecular complexity index is 916. The van der Waals surface area contributed by atoms with Crippen LogP contribution in [0.4, 0.5) is 5.69 Å². The first kappa shape index (κ1) is 19.0. The normalized spacial score (nSPS) is 14.7. The summed E-state index contributed by atoms with van der Waals surface area (Å²) in [6.07, 6.45) is -0.954. The van der Waals surface area contributed by atoms with E-state index in [9.17, 15) is 19.7 Å². The van der Waals surface area contributed by atoms with Crippen LogP contribution in [0.2, 0.25) is 0 Å². The summed E-state index contributed by atoms with van der Waals surface area (Å²) in [6.45, 7) is 1.91. The molecule has 1 atom stereocenters. The van der Waals surface area contributed by atoms with Gasteiger partial charge >= 0.3 is 5.69 Å². The van der Waals surface area contributed by atoms with Gasteiger partial charge in [-0.1, -0.05) is 12.1 Å². The van der Waals surface area contributed by atoms with Crippen molar-refractivity contribution < 1.29 is 28.7 Å². The van der Waals surface area contributed by atoms with Crippen LogP contribution in [0.3, 0.4) is 0 Å². The van der Waals surface area contributed by atoms with Gasteiger partial charge in [0.2, 0.25) is 6.10 Å². The van der Waals surface area contributed by atoms with Crippen LogP contribution in [0.1, 0.15) is 17.3 Å². The maximum atomic E-state index is 12.2. The van der Waals surface area contributed by atoms with Gasteiger partial charge in [-0.15, -0.1) is 0 Å². The van der Waals surface area contributed by atoms with Gasteiger partial charge in [0, 0.05) is 11.6 Å². The van der Waals surface area contributed by atoms with Crippen molar-refractivity contribution in [1.82, 2.24) is 10.9 Å². The molecule has 28 heavy (non-hydrogen) atoms. The second-order valence-corrected chi connectivity index (χ2v) is 5.68. The number of nitro benzene ring substituents is 1. The second-order valence-electron chi connectivity index (χ2n) is 5.68. The molecule has 2 aromatic rings. The lowest BCUT2D eigenvalue weighted by atomic mass is 10.2. The molecule has 10 nitrogen and oxygen atoms in total. The molecule has 1 unspecified atom stereocenters. The Morgan fingerprint density at radius 2 is 1.96 bits per heavy atom. The van der Waals surface area contributed by atoms with Gasteiger partial charge in [-0.2, -0.15) is 0 Å². The van der Waals surface area contributed by atoms with Crippen LogP contribution in [0.5, 0.6) is 17.2 Å². The van der Waals surface area contributed by atoms with Crippen molar-refractivity contribution in [2.24, 2.45) is 0 Å². The van der Waals surface area contributed by atoms with E-state index in [0.717, 1.165) is 6.07 Å². The fraction of sp³-hybridized carbons (Fsp3) is 0.222. The topological polar surface area (TPSA) is 129 Å². The lowest BCUT2D eigenvalue weighted by Crippen LogP contribution is -2.50. The second kappa shape index (κ2) is 8.25. The van der Waals surface area contributed by atoms with Gasteiger partial charge < -0.3 is 14.2 Å². The molecule has 3 rings (SSSR count). The number of hydrogen-bond donors (Lipinski definition) is 2. The molecule has 1 aliphatic rings. The van der Waals surface area contributed by atoms with E-state index in [-0.39, 0.29) is 30.2 Å². The summed E-state index contributed by atoms with van der Waals surface area (Å²) >= 11 is 0. The van der Waals surface area contributed by atoms with E-state index >= 15 is 0 Å². The monoisotopic (exact) mass is 387 g/mol. The van der Waals surface area contributed by atoms with Crippen LogP contribution in [0.15, 0.2) is 42.5 Å². The maximum Gasteiger partial charge on any atom is 0.311 e. The first-order chi connectivity index (χ1) is 13.5. The van der Waals surface area contributed by atoms with Crippen molar-refractivity contribution in [3.63, 3.8) is 0 Å². The zero-order valence-electron chi connectivity index (χ0n) is 14.8. The molecule has 2 aromatic carbocycles. The van der Waals surface area contributed by atoms with Crippen molar-refractivity contribution in [2.75, 3.05) is 13.2 Å². The highest BCUT2D eigenvalue weighted by Gasteiger charge is 2.28. The van der Waals surface area contributed by atoms with Gasteiger partial charge in [-0.3, -0.25) is 30.6 Å². The summed E-state index contributed by atoms with van der Waals surface area (Å²) < 4.78 is 16.1. The number of ether oxygens (including phenoxy) is 3. The van der Waals surface area contributed by atoms with Crippen molar-refractivity contribution in [3.8, 4) is 17.2 Å². The molecule has 0 aromatic heterocycles. The van der Waals surface area contributed by atoms with Crippen LogP contribution in [-0.2, 0) is 4.79 Å². The summed E-state index contributed by atoms with van der Waals surface area (Å²) in [5.74, 6) is -0.348. The number of rotatable bonds is 5.